The number of benzene rings is 1. The molecule has 1 heterocycles. The Kier molecular flexibility index (Phi) is 4.71. The van der Waals surface area contributed by atoms with E-state index in [0.29, 0.717) is 11.8 Å². The van der Waals surface area contributed by atoms with Crippen molar-refractivity contribution in [1.82, 2.24) is 9.97 Å². The van der Waals surface area contributed by atoms with E-state index in [9.17, 15) is 0 Å². The van der Waals surface area contributed by atoms with Crippen LogP contribution in [0.2, 0.25) is 5.15 Å². The van der Waals surface area contributed by atoms with E-state index >= 15 is 0 Å². The molecule has 2 aromatic rings. The fraction of sp³-hybridized carbons (Fsp3) is 0.286. The smallest absolute Gasteiger partial charge is 0.138 e. The lowest BCUT2D eigenvalue weighted by Gasteiger charge is -2.13. The summed E-state index contributed by atoms with van der Waals surface area (Å²) in [5, 5.41) is 3.79. The van der Waals surface area contributed by atoms with Crippen LogP contribution in [-0.2, 0) is 17.8 Å². The van der Waals surface area contributed by atoms with Crippen LogP contribution in [-0.4, -0.2) is 17.1 Å². The summed E-state index contributed by atoms with van der Waals surface area (Å²) in [5.41, 5.74) is 2.95. The first-order valence-corrected chi connectivity index (χ1v) is 6.47. The van der Waals surface area contributed by atoms with E-state index < -0.39 is 0 Å². The Morgan fingerprint density at radius 1 is 1.26 bits per heavy atom. The highest BCUT2D eigenvalue weighted by Gasteiger charge is 2.09. The van der Waals surface area contributed by atoms with Gasteiger partial charge in [-0.15, -0.1) is 0 Å². The number of halogens is 1. The van der Waals surface area contributed by atoms with E-state index in [0.717, 1.165) is 29.1 Å². The lowest BCUT2D eigenvalue weighted by atomic mass is 10.1. The van der Waals surface area contributed by atoms with Crippen molar-refractivity contribution in [3.63, 3.8) is 0 Å². The molecule has 0 fully saturated rings. The zero-order valence-corrected chi connectivity index (χ0v) is 11.7. The van der Waals surface area contributed by atoms with Crippen molar-refractivity contribution in [3.05, 3.63) is 46.9 Å². The zero-order valence-electron chi connectivity index (χ0n) is 11.0. The van der Waals surface area contributed by atoms with Gasteiger partial charge in [0.25, 0.3) is 0 Å². The molecule has 0 aliphatic carbocycles. The third-order valence-electron chi connectivity index (χ3n) is 2.82. The molecule has 4 nitrogen and oxygen atoms in total. The Bertz CT molecular complexity index is 560. The molecule has 0 aliphatic rings. The third kappa shape index (κ3) is 3.22. The molecule has 0 radical (unpaired) electrons. The standard InChI is InChI=1S/C14H16ClN3O/c1-3-11-13(15)16-9-17-14(11)18-12-7-5-4-6-10(12)8-19-2/h4-7,9H,3,8H2,1-2H3,(H,16,17,18). The van der Waals surface area contributed by atoms with E-state index in [1.54, 1.807) is 7.11 Å². The maximum atomic E-state index is 6.08. The molecule has 100 valence electrons. The highest BCUT2D eigenvalue weighted by Crippen LogP contribution is 2.25. The normalized spacial score (nSPS) is 10.5. The van der Waals surface area contributed by atoms with Crippen LogP contribution in [0, 0.1) is 0 Å². The van der Waals surface area contributed by atoms with Gasteiger partial charge in [-0.2, -0.15) is 0 Å². The van der Waals surface area contributed by atoms with Gasteiger partial charge in [-0.25, -0.2) is 9.97 Å². The van der Waals surface area contributed by atoms with Gasteiger partial charge in [0.2, 0.25) is 0 Å². The van der Waals surface area contributed by atoms with E-state index in [1.807, 2.05) is 31.2 Å². The Hall–Kier alpha value is -1.65. The average molecular weight is 278 g/mol. The van der Waals surface area contributed by atoms with Crippen LogP contribution in [0.15, 0.2) is 30.6 Å². The first-order valence-electron chi connectivity index (χ1n) is 6.09. The summed E-state index contributed by atoms with van der Waals surface area (Å²) in [4.78, 5) is 8.26. The monoisotopic (exact) mass is 277 g/mol. The molecule has 2 rings (SSSR count). The van der Waals surface area contributed by atoms with E-state index in [4.69, 9.17) is 16.3 Å². The second-order valence-electron chi connectivity index (χ2n) is 4.06. The number of ether oxygens (including phenoxy) is 1. The van der Waals surface area contributed by atoms with Gasteiger partial charge in [0.1, 0.15) is 17.3 Å². The summed E-state index contributed by atoms with van der Waals surface area (Å²) in [6.07, 6.45) is 2.23. The van der Waals surface area contributed by atoms with Crippen LogP contribution < -0.4 is 5.32 Å². The molecular formula is C14H16ClN3O. The Morgan fingerprint density at radius 2 is 2.05 bits per heavy atom. The van der Waals surface area contributed by atoms with Crippen LogP contribution in [0.1, 0.15) is 18.1 Å². The minimum atomic E-state index is 0.490. The minimum Gasteiger partial charge on any atom is -0.380 e. The van der Waals surface area contributed by atoms with Gasteiger partial charge < -0.3 is 10.1 Å². The van der Waals surface area contributed by atoms with Crippen molar-refractivity contribution < 1.29 is 4.74 Å². The van der Waals surface area contributed by atoms with Crippen LogP contribution >= 0.6 is 11.6 Å². The van der Waals surface area contributed by atoms with Crippen molar-refractivity contribution in [2.75, 3.05) is 12.4 Å². The summed E-state index contributed by atoms with van der Waals surface area (Å²) in [6, 6.07) is 7.95. The molecule has 0 unspecified atom stereocenters. The summed E-state index contributed by atoms with van der Waals surface area (Å²) in [6.45, 7) is 2.57. The molecule has 0 spiro atoms. The number of hydrogen-bond acceptors (Lipinski definition) is 4. The number of anilines is 2. The molecule has 1 aromatic carbocycles. The second kappa shape index (κ2) is 6.50. The van der Waals surface area contributed by atoms with Gasteiger partial charge in [-0.05, 0) is 12.5 Å². The average Bonchev–Trinajstić information content (AvgIpc) is 2.41. The van der Waals surface area contributed by atoms with Crippen LogP contribution in [0.5, 0.6) is 0 Å². The molecular weight excluding hydrogens is 262 g/mol. The fourth-order valence-corrected chi connectivity index (χ4v) is 2.13. The predicted octanol–water partition coefficient (Wildman–Crippen LogP) is 3.58. The Balaban J connectivity index is 2.33. The Morgan fingerprint density at radius 3 is 2.79 bits per heavy atom. The predicted molar refractivity (Wildman–Crippen MR) is 76.9 cm³/mol. The summed E-state index contributed by atoms with van der Waals surface area (Å²) >= 11 is 6.08. The second-order valence-corrected chi connectivity index (χ2v) is 4.42. The van der Waals surface area contributed by atoms with Crippen LogP contribution in [0.3, 0.4) is 0 Å². The minimum absolute atomic E-state index is 0.490. The fourth-order valence-electron chi connectivity index (χ4n) is 1.86. The largest absolute Gasteiger partial charge is 0.380 e. The lowest BCUT2D eigenvalue weighted by Crippen LogP contribution is -2.03. The van der Waals surface area contributed by atoms with Crippen molar-refractivity contribution in [3.8, 4) is 0 Å². The molecule has 0 amide bonds. The Labute approximate surface area is 117 Å². The zero-order chi connectivity index (χ0) is 13.7. The SMILES string of the molecule is CCc1c(Cl)ncnc1Nc1ccccc1COC. The van der Waals surface area contributed by atoms with E-state index in [-0.39, 0.29) is 0 Å². The maximum absolute atomic E-state index is 6.08. The quantitative estimate of drug-likeness (QED) is 0.849. The number of hydrogen-bond donors (Lipinski definition) is 1. The van der Waals surface area contributed by atoms with Gasteiger partial charge in [-0.1, -0.05) is 36.7 Å². The van der Waals surface area contributed by atoms with Crippen LogP contribution in [0.4, 0.5) is 11.5 Å². The van der Waals surface area contributed by atoms with Crippen molar-refractivity contribution in [1.29, 1.82) is 0 Å². The summed E-state index contributed by atoms with van der Waals surface area (Å²) in [5.74, 6) is 0.742. The number of rotatable bonds is 5. The highest BCUT2D eigenvalue weighted by molar-refractivity contribution is 6.30. The molecule has 1 aromatic heterocycles. The van der Waals surface area contributed by atoms with Crippen LogP contribution in [0.25, 0.3) is 0 Å². The molecule has 0 saturated heterocycles. The third-order valence-corrected chi connectivity index (χ3v) is 3.14. The van der Waals surface area contributed by atoms with Gasteiger partial charge >= 0.3 is 0 Å². The molecule has 0 atom stereocenters. The molecule has 0 bridgehead atoms. The molecule has 1 N–H and O–H groups in total. The summed E-state index contributed by atoms with van der Waals surface area (Å²) in [7, 11) is 1.68. The number of nitrogens with one attached hydrogen (secondary N) is 1. The number of nitrogens with zero attached hydrogens (tertiary/aromatic N) is 2. The molecule has 0 saturated carbocycles. The summed E-state index contributed by atoms with van der Waals surface area (Å²) < 4.78 is 5.19. The maximum Gasteiger partial charge on any atom is 0.138 e. The number of para-hydroxylation sites is 1. The number of methoxy groups -OCH3 is 1. The molecule has 5 heteroatoms. The lowest BCUT2D eigenvalue weighted by molar-refractivity contribution is 0.185. The first kappa shape index (κ1) is 13.8. The van der Waals surface area contributed by atoms with E-state index in [1.165, 1.54) is 6.33 Å². The molecule has 0 aliphatic heterocycles. The van der Waals surface area contributed by atoms with Gasteiger partial charge in [0.15, 0.2) is 0 Å². The first-order chi connectivity index (χ1) is 9.26. The molecule has 19 heavy (non-hydrogen) atoms. The van der Waals surface area contributed by atoms with Crippen molar-refractivity contribution in [2.45, 2.75) is 20.0 Å². The highest BCUT2D eigenvalue weighted by atomic mass is 35.5. The van der Waals surface area contributed by atoms with Crippen molar-refractivity contribution in [2.24, 2.45) is 0 Å². The van der Waals surface area contributed by atoms with Gasteiger partial charge in [-0.3, -0.25) is 0 Å². The van der Waals surface area contributed by atoms with Crippen molar-refractivity contribution >= 4 is 23.1 Å². The topological polar surface area (TPSA) is 47.0 Å². The van der Waals surface area contributed by atoms with Gasteiger partial charge in [0.05, 0.1) is 6.61 Å². The van der Waals surface area contributed by atoms with Gasteiger partial charge in [0, 0.05) is 23.9 Å². The van der Waals surface area contributed by atoms with E-state index in [2.05, 4.69) is 15.3 Å². The number of aromatic nitrogens is 2.